The van der Waals surface area contributed by atoms with E-state index in [0.717, 1.165) is 57.8 Å². The Bertz CT molecular complexity index is 1040. The molecule has 0 aromatic carbocycles. The topological polar surface area (TPSA) is 78.9 Å². The molecule has 6 nitrogen and oxygen atoms in total. The van der Waals surface area contributed by atoms with E-state index in [1.807, 2.05) is 0 Å². The van der Waals surface area contributed by atoms with Crippen LogP contribution >= 0.6 is 0 Å². The lowest BCUT2D eigenvalue weighted by Gasteiger charge is -2.18. The third kappa shape index (κ3) is 57.3. The lowest BCUT2D eigenvalue weighted by molar-refractivity contribution is -0.167. The van der Waals surface area contributed by atoms with Gasteiger partial charge in [0.05, 0.1) is 0 Å². The molecular formula is C64H124O6. The number of ether oxygens (including phenoxy) is 3. The predicted octanol–water partition coefficient (Wildman–Crippen LogP) is 21.5. The fourth-order valence-corrected chi connectivity index (χ4v) is 10.0. The number of carbonyl (C=O) groups is 3. The molecule has 6 heteroatoms. The zero-order chi connectivity index (χ0) is 50.7. The molecule has 0 aromatic heterocycles. The van der Waals surface area contributed by atoms with E-state index in [4.69, 9.17) is 14.2 Å². The van der Waals surface area contributed by atoms with Crippen molar-refractivity contribution in [3.8, 4) is 0 Å². The van der Waals surface area contributed by atoms with E-state index in [1.165, 1.54) is 276 Å². The Labute approximate surface area is 438 Å². The van der Waals surface area contributed by atoms with Crippen molar-refractivity contribution in [3.63, 3.8) is 0 Å². The first kappa shape index (κ1) is 68.4. The largest absolute Gasteiger partial charge is 0.462 e. The van der Waals surface area contributed by atoms with Crippen LogP contribution in [0.25, 0.3) is 0 Å². The van der Waals surface area contributed by atoms with Gasteiger partial charge in [0.25, 0.3) is 0 Å². The van der Waals surface area contributed by atoms with Crippen molar-refractivity contribution in [3.05, 3.63) is 0 Å². The Morgan fingerprint density at radius 3 is 0.571 bits per heavy atom. The van der Waals surface area contributed by atoms with Crippen LogP contribution in [-0.4, -0.2) is 37.2 Å². The maximum absolute atomic E-state index is 12.9. The predicted molar refractivity (Wildman–Crippen MR) is 303 cm³/mol. The monoisotopic (exact) mass is 989 g/mol. The second-order valence-corrected chi connectivity index (χ2v) is 22.1. The van der Waals surface area contributed by atoms with Gasteiger partial charge >= 0.3 is 17.9 Å². The summed E-state index contributed by atoms with van der Waals surface area (Å²) in [6.45, 7) is 6.72. The summed E-state index contributed by atoms with van der Waals surface area (Å²) in [7, 11) is 0. The van der Waals surface area contributed by atoms with Gasteiger partial charge in [-0.25, -0.2) is 0 Å². The Hall–Kier alpha value is -1.59. The van der Waals surface area contributed by atoms with Crippen LogP contribution in [0.1, 0.15) is 374 Å². The Morgan fingerprint density at radius 2 is 0.386 bits per heavy atom. The summed E-state index contributed by atoms with van der Waals surface area (Å²) in [6, 6.07) is 0. The average molecular weight is 990 g/mol. The maximum atomic E-state index is 12.9. The van der Waals surface area contributed by atoms with Crippen LogP contribution < -0.4 is 0 Å². The Morgan fingerprint density at radius 1 is 0.229 bits per heavy atom. The number of esters is 3. The van der Waals surface area contributed by atoms with E-state index in [-0.39, 0.29) is 31.1 Å². The van der Waals surface area contributed by atoms with Gasteiger partial charge in [-0.3, -0.25) is 14.4 Å². The normalized spacial score (nSPS) is 11.9. The maximum Gasteiger partial charge on any atom is 0.306 e. The van der Waals surface area contributed by atoms with Crippen LogP contribution in [0.15, 0.2) is 0 Å². The van der Waals surface area contributed by atoms with Crippen molar-refractivity contribution in [2.75, 3.05) is 13.2 Å². The molecule has 0 aliphatic carbocycles. The van der Waals surface area contributed by atoms with Crippen molar-refractivity contribution < 1.29 is 28.6 Å². The molecular weight excluding hydrogens is 865 g/mol. The number of unbranched alkanes of at least 4 members (excludes halogenated alkanes) is 49. The van der Waals surface area contributed by atoms with E-state index in [2.05, 4.69) is 20.8 Å². The Balaban J connectivity index is 4.22. The zero-order valence-electron chi connectivity index (χ0n) is 47.8. The molecule has 0 bridgehead atoms. The molecule has 1 atom stereocenters. The summed E-state index contributed by atoms with van der Waals surface area (Å²) >= 11 is 0. The van der Waals surface area contributed by atoms with Crippen LogP contribution in [0, 0.1) is 0 Å². The van der Waals surface area contributed by atoms with Gasteiger partial charge in [0, 0.05) is 19.3 Å². The van der Waals surface area contributed by atoms with Crippen LogP contribution in [-0.2, 0) is 28.6 Å². The summed E-state index contributed by atoms with van der Waals surface area (Å²) in [5.74, 6) is -0.826. The molecule has 0 unspecified atom stereocenters. The van der Waals surface area contributed by atoms with Gasteiger partial charge in [-0.1, -0.05) is 335 Å². The minimum absolute atomic E-state index is 0.0606. The zero-order valence-corrected chi connectivity index (χ0v) is 47.8. The van der Waals surface area contributed by atoms with Crippen LogP contribution in [0.2, 0.25) is 0 Å². The van der Waals surface area contributed by atoms with Gasteiger partial charge in [-0.05, 0) is 19.3 Å². The highest BCUT2D eigenvalue weighted by molar-refractivity contribution is 5.71. The first-order valence-electron chi connectivity index (χ1n) is 32.0. The van der Waals surface area contributed by atoms with E-state index < -0.39 is 6.10 Å². The Kier molecular flexibility index (Phi) is 58.6. The molecule has 0 radical (unpaired) electrons. The molecule has 0 saturated carbocycles. The summed E-state index contributed by atoms with van der Waals surface area (Å²) in [4.78, 5) is 38.2. The van der Waals surface area contributed by atoms with E-state index >= 15 is 0 Å². The minimum Gasteiger partial charge on any atom is -0.462 e. The number of carbonyl (C=O) groups excluding carboxylic acids is 3. The van der Waals surface area contributed by atoms with E-state index in [0.29, 0.717) is 19.3 Å². The second kappa shape index (κ2) is 60.0. The standard InChI is InChI=1S/C64H124O6/c1-4-7-10-13-16-19-22-25-27-29-31-32-34-35-37-39-42-45-48-51-54-57-63(66)69-60-61(59-68-62(65)56-53-50-47-44-41-24-21-18-15-12-9-6-3)70-64(67)58-55-52-49-46-43-40-38-36-33-30-28-26-23-20-17-14-11-8-5-2/h61H,4-60H2,1-3H3/t61-/m0/s1. The summed E-state index contributed by atoms with van der Waals surface area (Å²) in [6.07, 6.45) is 68.2. The molecule has 0 heterocycles. The summed E-state index contributed by atoms with van der Waals surface area (Å²) in [5.41, 5.74) is 0. The highest BCUT2D eigenvalue weighted by Crippen LogP contribution is 2.19. The number of rotatable bonds is 60. The van der Waals surface area contributed by atoms with Gasteiger partial charge in [-0.2, -0.15) is 0 Å². The molecule has 0 aliphatic rings. The smallest absolute Gasteiger partial charge is 0.306 e. The van der Waals surface area contributed by atoms with Crippen LogP contribution in [0.4, 0.5) is 0 Å². The SMILES string of the molecule is CCCCCCCCCCCCCCCCCCCCCCCC(=O)OC[C@H](COC(=O)CCCCCCCCCCCCCC)OC(=O)CCCCCCCCCCCCCCCCCCCCC. The molecule has 0 amide bonds. The van der Waals surface area contributed by atoms with Crippen molar-refractivity contribution >= 4 is 17.9 Å². The van der Waals surface area contributed by atoms with Crippen molar-refractivity contribution in [1.82, 2.24) is 0 Å². The van der Waals surface area contributed by atoms with Crippen molar-refractivity contribution in [1.29, 1.82) is 0 Å². The van der Waals surface area contributed by atoms with Gasteiger partial charge in [0.2, 0.25) is 0 Å². The molecule has 0 spiro atoms. The van der Waals surface area contributed by atoms with Crippen molar-refractivity contribution in [2.24, 2.45) is 0 Å². The third-order valence-corrected chi connectivity index (χ3v) is 14.9. The third-order valence-electron chi connectivity index (χ3n) is 14.9. The molecule has 0 rings (SSSR count). The molecule has 0 aliphatic heterocycles. The molecule has 0 aromatic rings. The van der Waals surface area contributed by atoms with Gasteiger partial charge in [0.15, 0.2) is 6.10 Å². The second-order valence-electron chi connectivity index (χ2n) is 22.1. The first-order chi connectivity index (χ1) is 34.5. The van der Waals surface area contributed by atoms with Gasteiger partial charge in [0.1, 0.15) is 13.2 Å². The minimum atomic E-state index is -0.762. The van der Waals surface area contributed by atoms with E-state index in [9.17, 15) is 14.4 Å². The van der Waals surface area contributed by atoms with E-state index in [1.54, 1.807) is 0 Å². The fraction of sp³-hybridized carbons (Fsp3) is 0.953. The molecule has 0 N–H and O–H groups in total. The quantitative estimate of drug-likeness (QED) is 0.0343. The molecule has 416 valence electrons. The fourth-order valence-electron chi connectivity index (χ4n) is 10.0. The van der Waals surface area contributed by atoms with Gasteiger partial charge < -0.3 is 14.2 Å². The van der Waals surface area contributed by atoms with Crippen LogP contribution in [0.5, 0.6) is 0 Å². The highest BCUT2D eigenvalue weighted by atomic mass is 16.6. The highest BCUT2D eigenvalue weighted by Gasteiger charge is 2.19. The summed E-state index contributed by atoms with van der Waals surface area (Å²) < 4.78 is 16.9. The van der Waals surface area contributed by atoms with Crippen molar-refractivity contribution in [2.45, 2.75) is 380 Å². The number of hydrogen-bond donors (Lipinski definition) is 0. The lowest BCUT2D eigenvalue weighted by atomic mass is 10.0. The lowest BCUT2D eigenvalue weighted by Crippen LogP contribution is -2.30. The van der Waals surface area contributed by atoms with Gasteiger partial charge in [-0.15, -0.1) is 0 Å². The molecule has 0 fully saturated rings. The van der Waals surface area contributed by atoms with Crippen LogP contribution in [0.3, 0.4) is 0 Å². The molecule has 70 heavy (non-hydrogen) atoms. The number of hydrogen-bond acceptors (Lipinski definition) is 6. The summed E-state index contributed by atoms with van der Waals surface area (Å²) in [5, 5.41) is 0. The first-order valence-corrected chi connectivity index (χ1v) is 32.0. The average Bonchev–Trinajstić information content (AvgIpc) is 3.36. The molecule has 0 saturated heterocycles.